The Hall–Kier alpha value is -1.38. The molecule has 0 fully saturated rings. The van der Waals surface area contributed by atoms with Crippen LogP contribution in [0.3, 0.4) is 0 Å². The Bertz CT molecular complexity index is 376. The minimum atomic E-state index is -0.106. The van der Waals surface area contributed by atoms with Gasteiger partial charge in [0, 0.05) is 17.8 Å². The van der Waals surface area contributed by atoms with Crippen LogP contribution >= 0.6 is 0 Å². The van der Waals surface area contributed by atoms with Crippen molar-refractivity contribution in [3.05, 3.63) is 29.6 Å². The summed E-state index contributed by atoms with van der Waals surface area (Å²) in [6, 6.07) is 4.07. The first-order valence-corrected chi connectivity index (χ1v) is 5.90. The van der Waals surface area contributed by atoms with Crippen LogP contribution in [0.25, 0.3) is 0 Å². The maximum atomic E-state index is 11.5. The van der Waals surface area contributed by atoms with Crippen molar-refractivity contribution in [2.75, 3.05) is 6.61 Å². The van der Waals surface area contributed by atoms with Gasteiger partial charge in [0.2, 0.25) is 0 Å². The summed E-state index contributed by atoms with van der Waals surface area (Å²) < 4.78 is 4.99. The molecule has 0 saturated carbocycles. The third-order valence-corrected chi connectivity index (χ3v) is 3.03. The normalized spacial score (nSPS) is 18.9. The zero-order valence-electron chi connectivity index (χ0n) is 9.61. The molecule has 1 aliphatic carbocycles. The smallest absolute Gasteiger partial charge is 0.306 e. The molecule has 1 aromatic rings. The van der Waals surface area contributed by atoms with Gasteiger partial charge < -0.3 is 4.74 Å². The highest BCUT2D eigenvalue weighted by molar-refractivity contribution is 5.70. The number of hydrogen-bond donors (Lipinski definition) is 0. The van der Waals surface area contributed by atoms with Crippen LogP contribution in [-0.2, 0) is 16.0 Å². The lowest BCUT2D eigenvalue weighted by atomic mass is 9.85. The van der Waals surface area contributed by atoms with Crippen molar-refractivity contribution >= 4 is 5.97 Å². The van der Waals surface area contributed by atoms with E-state index in [2.05, 4.69) is 11.1 Å². The number of nitrogens with zero attached hydrogens (tertiary/aromatic N) is 1. The number of rotatable bonds is 3. The molecule has 1 atom stereocenters. The first-order chi connectivity index (χ1) is 7.81. The van der Waals surface area contributed by atoms with E-state index in [0.717, 1.165) is 25.0 Å². The minimum absolute atomic E-state index is 0.106. The van der Waals surface area contributed by atoms with Gasteiger partial charge in [0.25, 0.3) is 0 Å². The first kappa shape index (κ1) is 11.1. The van der Waals surface area contributed by atoms with E-state index in [4.69, 9.17) is 4.74 Å². The molecule has 0 N–H and O–H groups in total. The molecule has 2 rings (SSSR count). The largest absolute Gasteiger partial charge is 0.466 e. The number of carbonyl (C=O) groups excluding carboxylic acids is 1. The average Bonchev–Trinajstić information content (AvgIpc) is 2.30. The summed E-state index contributed by atoms with van der Waals surface area (Å²) in [5.74, 6) is 0.148. The van der Waals surface area contributed by atoms with Gasteiger partial charge in [-0.05, 0) is 37.8 Å². The molecule has 1 unspecified atom stereocenters. The van der Waals surface area contributed by atoms with E-state index < -0.39 is 0 Å². The molecule has 1 heterocycles. The van der Waals surface area contributed by atoms with E-state index >= 15 is 0 Å². The number of ether oxygens (including phenoxy) is 1. The zero-order valence-corrected chi connectivity index (χ0v) is 9.61. The Morgan fingerprint density at radius 1 is 1.62 bits per heavy atom. The average molecular weight is 219 g/mol. The molecule has 1 aliphatic rings. The van der Waals surface area contributed by atoms with Crippen LogP contribution in [-0.4, -0.2) is 17.6 Å². The molecular weight excluding hydrogens is 202 g/mol. The van der Waals surface area contributed by atoms with Crippen molar-refractivity contribution in [2.24, 2.45) is 0 Å². The van der Waals surface area contributed by atoms with Gasteiger partial charge >= 0.3 is 5.97 Å². The number of pyridine rings is 1. The maximum absolute atomic E-state index is 11.5. The van der Waals surface area contributed by atoms with Gasteiger partial charge in [0.05, 0.1) is 13.0 Å². The van der Waals surface area contributed by atoms with Crippen LogP contribution in [0.2, 0.25) is 0 Å². The third-order valence-electron chi connectivity index (χ3n) is 3.03. The topological polar surface area (TPSA) is 39.2 Å². The Kier molecular flexibility index (Phi) is 3.54. The van der Waals surface area contributed by atoms with Gasteiger partial charge in [0.15, 0.2) is 0 Å². The van der Waals surface area contributed by atoms with Gasteiger partial charge in [-0.3, -0.25) is 9.78 Å². The second kappa shape index (κ2) is 5.10. The van der Waals surface area contributed by atoms with Crippen molar-refractivity contribution in [1.29, 1.82) is 0 Å². The highest BCUT2D eigenvalue weighted by Crippen LogP contribution is 2.32. The van der Waals surface area contributed by atoms with Crippen LogP contribution in [0.5, 0.6) is 0 Å². The fraction of sp³-hybridized carbons (Fsp3) is 0.538. The van der Waals surface area contributed by atoms with Gasteiger partial charge in [-0.15, -0.1) is 0 Å². The summed E-state index contributed by atoms with van der Waals surface area (Å²) in [5.41, 5.74) is 2.39. The molecule has 3 nitrogen and oxygen atoms in total. The van der Waals surface area contributed by atoms with Gasteiger partial charge in [-0.1, -0.05) is 6.07 Å². The van der Waals surface area contributed by atoms with E-state index in [9.17, 15) is 4.79 Å². The van der Waals surface area contributed by atoms with Gasteiger partial charge in [0.1, 0.15) is 0 Å². The highest BCUT2D eigenvalue weighted by Gasteiger charge is 2.23. The summed E-state index contributed by atoms with van der Waals surface area (Å²) in [4.78, 5) is 15.9. The van der Waals surface area contributed by atoms with Crippen molar-refractivity contribution < 1.29 is 9.53 Å². The van der Waals surface area contributed by atoms with Gasteiger partial charge in [-0.25, -0.2) is 0 Å². The van der Waals surface area contributed by atoms with Crippen LogP contribution < -0.4 is 0 Å². The fourth-order valence-corrected chi connectivity index (χ4v) is 2.33. The lowest BCUT2D eigenvalue weighted by molar-refractivity contribution is -0.143. The van der Waals surface area contributed by atoms with E-state index in [1.807, 2.05) is 19.2 Å². The number of hydrogen-bond acceptors (Lipinski definition) is 3. The van der Waals surface area contributed by atoms with Crippen LogP contribution in [0, 0.1) is 0 Å². The zero-order chi connectivity index (χ0) is 11.4. The summed E-state index contributed by atoms with van der Waals surface area (Å²) in [5, 5.41) is 0. The molecule has 0 spiro atoms. The van der Waals surface area contributed by atoms with E-state index in [1.165, 1.54) is 5.56 Å². The molecule has 86 valence electrons. The second-order valence-corrected chi connectivity index (χ2v) is 4.15. The maximum Gasteiger partial charge on any atom is 0.306 e. The summed E-state index contributed by atoms with van der Waals surface area (Å²) in [6.45, 7) is 2.30. The van der Waals surface area contributed by atoms with E-state index in [-0.39, 0.29) is 11.9 Å². The van der Waals surface area contributed by atoms with E-state index in [1.54, 1.807) is 0 Å². The van der Waals surface area contributed by atoms with E-state index in [0.29, 0.717) is 13.0 Å². The predicted molar refractivity (Wildman–Crippen MR) is 61.2 cm³/mol. The minimum Gasteiger partial charge on any atom is -0.466 e. The van der Waals surface area contributed by atoms with Crippen molar-refractivity contribution in [3.63, 3.8) is 0 Å². The van der Waals surface area contributed by atoms with Crippen molar-refractivity contribution in [2.45, 2.75) is 38.5 Å². The fourth-order valence-electron chi connectivity index (χ4n) is 2.33. The Morgan fingerprint density at radius 2 is 2.50 bits per heavy atom. The summed E-state index contributed by atoms with van der Waals surface area (Å²) in [6.07, 6.45) is 5.55. The molecule has 0 saturated heterocycles. The summed E-state index contributed by atoms with van der Waals surface area (Å²) in [7, 11) is 0. The summed E-state index contributed by atoms with van der Waals surface area (Å²) >= 11 is 0. The van der Waals surface area contributed by atoms with Crippen molar-refractivity contribution in [1.82, 2.24) is 4.98 Å². The molecule has 0 radical (unpaired) electrons. The molecule has 3 heteroatoms. The lowest BCUT2D eigenvalue weighted by Crippen LogP contribution is -2.16. The monoisotopic (exact) mass is 219 g/mol. The molecule has 1 aromatic heterocycles. The molecule has 0 aromatic carbocycles. The number of esters is 1. The quantitative estimate of drug-likeness (QED) is 0.733. The molecule has 0 aliphatic heterocycles. The lowest BCUT2D eigenvalue weighted by Gasteiger charge is -2.23. The Labute approximate surface area is 95.8 Å². The predicted octanol–water partition coefficient (Wildman–Crippen LogP) is 2.45. The highest BCUT2D eigenvalue weighted by atomic mass is 16.5. The van der Waals surface area contributed by atoms with Crippen molar-refractivity contribution in [3.8, 4) is 0 Å². The number of carbonyl (C=O) groups is 1. The standard InChI is InChI=1S/C13H17NO2/c1-2-16-12(15)9-11-6-3-5-10-7-4-8-14-13(10)11/h4,7-8,11H,2-3,5-6,9H2,1H3. The number of aromatic nitrogens is 1. The second-order valence-electron chi connectivity index (χ2n) is 4.15. The Morgan fingerprint density at radius 3 is 3.31 bits per heavy atom. The molecular formula is C13H17NO2. The number of aryl methyl sites for hydroxylation is 1. The SMILES string of the molecule is CCOC(=O)CC1CCCc2cccnc21. The van der Waals surface area contributed by atoms with Crippen LogP contribution in [0.4, 0.5) is 0 Å². The third kappa shape index (κ3) is 2.40. The molecule has 0 bridgehead atoms. The molecule has 0 amide bonds. The van der Waals surface area contributed by atoms with Crippen LogP contribution in [0.15, 0.2) is 18.3 Å². The van der Waals surface area contributed by atoms with Crippen LogP contribution in [0.1, 0.15) is 43.4 Å². The first-order valence-electron chi connectivity index (χ1n) is 5.90. The van der Waals surface area contributed by atoms with Gasteiger partial charge in [-0.2, -0.15) is 0 Å². The number of fused-ring (bicyclic) bond motifs is 1. The Balaban J connectivity index is 2.10. The molecule has 16 heavy (non-hydrogen) atoms.